The Bertz CT molecular complexity index is 488. The largest absolute Gasteiger partial charge is 0.392 e. The highest BCUT2D eigenvalue weighted by atomic mass is 19.2. The third kappa shape index (κ3) is 3.00. The van der Waals surface area contributed by atoms with Gasteiger partial charge in [0.25, 0.3) is 0 Å². The van der Waals surface area contributed by atoms with E-state index in [2.05, 4.69) is 0 Å². The number of carbonyl (C=O) groups excluding carboxylic acids is 1. The molecule has 5 heteroatoms. The summed E-state index contributed by atoms with van der Waals surface area (Å²) in [7, 11) is 0. The minimum absolute atomic E-state index is 0.0884. The number of halogens is 2. The van der Waals surface area contributed by atoms with Gasteiger partial charge in [0.2, 0.25) is 0 Å². The van der Waals surface area contributed by atoms with Crippen molar-refractivity contribution in [1.82, 2.24) is 4.90 Å². The van der Waals surface area contributed by atoms with Gasteiger partial charge in [-0.15, -0.1) is 0 Å². The quantitative estimate of drug-likeness (QED) is 0.488. The van der Waals surface area contributed by atoms with E-state index >= 15 is 0 Å². The normalized spacial score (nSPS) is 22.9. The van der Waals surface area contributed by atoms with E-state index in [4.69, 9.17) is 5.11 Å². The van der Waals surface area contributed by atoms with Crippen LogP contribution in [0.1, 0.15) is 5.56 Å². The first kappa shape index (κ1) is 12.9. The Hall–Kier alpha value is -1.59. The molecule has 0 saturated carbocycles. The van der Waals surface area contributed by atoms with Gasteiger partial charge in [0.1, 0.15) is 6.29 Å². The first-order valence-corrected chi connectivity index (χ1v) is 5.58. The molecule has 0 radical (unpaired) electrons. The molecular weight excluding hydrogens is 240 g/mol. The van der Waals surface area contributed by atoms with Crippen LogP contribution in [-0.4, -0.2) is 35.5 Å². The molecule has 0 amide bonds. The van der Waals surface area contributed by atoms with Crippen LogP contribution < -0.4 is 0 Å². The van der Waals surface area contributed by atoms with E-state index in [1.54, 1.807) is 6.08 Å². The Labute approximate surface area is 103 Å². The second-order valence-electron chi connectivity index (χ2n) is 4.26. The summed E-state index contributed by atoms with van der Waals surface area (Å²) >= 11 is 0. The summed E-state index contributed by atoms with van der Waals surface area (Å²) in [5.41, 5.74) is 1.02. The fraction of sp³-hybridized carbons (Fsp3) is 0.308. The minimum Gasteiger partial charge on any atom is -0.392 e. The van der Waals surface area contributed by atoms with Crippen LogP contribution in [0.4, 0.5) is 8.78 Å². The van der Waals surface area contributed by atoms with Crippen LogP contribution in [0.5, 0.6) is 0 Å². The molecule has 1 aromatic rings. The third-order valence-electron chi connectivity index (χ3n) is 2.87. The molecule has 18 heavy (non-hydrogen) atoms. The van der Waals surface area contributed by atoms with Crippen molar-refractivity contribution in [2.45, 2.75) is 12.6 Å². The average Bonchev–Trinajstić information content (AvgIpc) is 3.09. The maximum Gasteiger partial charge on any atom is 0.159 e. The highest BCUT2D eigenvalue weighted by molar-refractivity contribution is 5.73. The first-order valence-electron chi connectivity index (χ1n) is 5.58. The Morgan fingerprint density at radius 2 is 2.22 bits per heavy atom. The number of carbonyl (C=O) groups is 1. The number of aliphatic hydroxyl groups excluding tert-OH is 1. The standard InChI is InChI=1S/C13H13F2NO2/c14-12-2-1-9(4-13(12)15)5-16-6-11(16)3-10(7-17)8-18/h1-4,7,11,18H,5-6,8H2/b10-3+. The molecule has 1 heterocycles. The van der Waals surface area contributed by atoms with Gasteiger partial charge in [-0.1, -0.05) is 12.1 Å². The molecule has 2 atom stereocenters. The number of hydrogen-bond donors (Lipinski definition) is 1. The molecule has 0 bridgehead atoms. The second kappa shape index (κ2) is 5.37. The van der Waals surface area contributed by atoms with Crippen molar-refractivity contribution < 1.29 is 18.7 Å². The number of benzene rings is 1. The van der Waals surface area contributed by atoms with Crippen LogP contribution in [0.15, 0.2) is 29.8 Å². The zero-order valence-electron chi connectivity index (χ0n) is 9.64. The van der Waals surface area contributed by atoms with Crippen LogP contribution in [-0.2, 0) is 11.3 Å². The number of aliphatic hydroxyl groups is 1. The number of nitrogens with zero attached hydrogens (tertiary/aromatic N) is 1. The predicted octanol–water partition coefficient (Wildman–Crippen LogP) is 1.27. The first-order chi connectivity index (χ1) is 8.63. The van der Waals surface area contributed by atoms with Gasteiger partial charge in [-0.25, -0.2) is 8.78 Å². The van der Waals surface area contributed by atoms with Crippen molar-refractivity contribution in [3.63, 3.8) is 0 Å². The van der Waals surface area contributed by atoms with E-state index in [1.807, 2.05) is 4.90 Å². The van der Waals surface area contributed by atoms with E-state index in [0.29, 0.717) is 24.0 Å². The van der Waals surface area contributed by atoms with E-state index < -0.39 is 11.6 Å². The summed E-state index contributed by atoms with van der Waals surface area (Å²) in [6, 6.07) is 3.89. The molecule has 0 aromatic heterocycles. The van der Waals surface area contributed by atoms with E-state index in [0.717, 1.165) is 12.6 Å². The van der Waals surface area contributed by atoms with Crippen molar-refractivity contribution in [2.24, 2.45) is 0 Å². The maximum absolute atomic E-state index is 13.0. The fourth-order valence-electron chi connectivity index (χ4n) is 1.78. The zero-order chi connectivity index (χ0) is 13.1. The lowest BCUT2D eigenvalue weighted by Gasteiger charge is -2.03. The maximum atomic E-state index is 13.0. The van der Waals surface area contributed by atoms with Crippen LogP contribution >= 0.6 is 0 Å². The van der Waals surface area contributed by atoms with Gasteiger partial charge in [-0.3, -0.25) is 9.69 Å². The topological polar surface area (TPSA) is 40.3 Å². The Balaban J connectivity index is 1.95. The molecular formula is C13H13F2NO2. The second-order valence-corrected chi connectivity index (χ2v) is 4.26. The predicted molar refractivity (Wildman–Crippen MR) is 61.8 cm³/mol. The molecule has 2 unspecified atom stereocenters. The van der Waals surface area contributed by atoms with E-state index in [-0.39, 0.29) is 12.6 Å². The summed E-state index contributed by atoms with van der Waals surface area (Å²) in [6.45, 7) is 0.964. The summed E-state index contributed by atoms with van der Waals surface area (Å²) in [6.07, 6.45) is 2.31. The van der Waals surface area contributed by atoms with Gasteiger partial charge in [0.05, 0.1) is 6.61 Å². The van der Waals surface area contributed by atoms with Gasteiger partial charge in [0.15, 0.2) is 11.6 Å². The van der Waals surface area contributed by atoms with Gasteiger partial charge >= 0.3 is 0 Å². The highest BCUT2D eigenvalue weighted by Gasteiger charge is 2.32. The molecule has 1 aliphatic heterocycles. The summed E-state index contributed by atoms with van der Waals surface area (Å²) in [5.74, 6) is -1.71. The van der Waals surface area contributed by atoms with E-state index in [9.17, 15) is 13.6 Å². The zero-order valence-corrected chi connectivity index (χ0v) is 9.64. The fourth-order valence-corrected chi connectivity index (χ4v) is 1.78. The molecule has 2 rings (SSSR count). The SMILES string of the molecule is O=C/C(=C\C1CN1Cc1ccc(F)c(F)c1)CO. The Morgan fingerprint density at radius 3 is 2.83 bits per heavy atom. The van der Waals surface area contributed by atoms with E-state index in [1.165, 1.54) is 12.1 Å². The lowest BCUT2D eigenvalue weighted by molar-refractivity contribution is -0.105. The minimum atomic E-state index is -0.857. The van der Waals surface area contributed by atoms with Crippen LogP contribution in [0, 0.1) is 11.6 Å². The van der Waals surface area contributed by atoms with Crippen LogP contribution in [0.3, 0.4) is 0 Å². The number of hydrogen-bond acceptors (Lipinski definition) is 3. The molecule has 1 N–H and O–H groups in total. The average molecular weight is 253 g/mol. The number of rotatable bonds is 5. The van der Waals surface area contributed by atoms with Gasteiger partial charge in [0, 0.05) is 24.7 Å². The summed E-state index contributed by atoms with van der Waals surface area (Å²) < 4.78 is 25.7. The van der Waals surface area contributed by atoms with Crippen LogP contribution in [0.25, 0.3) is 0 Å². The summed E-state index contributed by atoms with van der Waals surface area (Å²) in [5, 5.41) is 8.84. The number of aldehydes is 1. The molecule has 0 spiro atoms. The lowest BCUT2D eigenvalue weighted by atomic mass is 10.2. The van der Waals surface area contributed by atoms with Crippen molar-refractivity contribution in [2.75, 3.05) is 13.2 Å². The molecule has 1 aliphatic rings. The molecule has 1 aromatic carbocycles. The van der Waals surface area contributed by atoms with Gasteiger partial charge in [-0.2, -0.15) is 0 Å². The van der Waals surface area contributed by atoms with Gasteiger partial charge in [-0.05, 0) is 17.7 Å². The van der Waals surface area contributed by atoms with Crippen molar-refractivity contribution in [1.29, 1.82) is 0 Å². The molecule has 0 aliphatic carbocycles. The molecule has 96 valence electrons. The van der Waals surface area contributed by atoms with Crippen molar-refractivity contribution >= 4 is 6.29 Å². The Morgan fingerprint density at radius 1 is 1.44 bits per heavy atom. The van der Waals surface area contributed by atoms with Crippen molar-refractivity contribution in [3.05, 3.63) is 47.0 Å². The highest BCUT2D eigenvalue weighted by Crippen LogP contribution is 2.23. The lowest BCUT2D eigenvalue weighted by Crippen LogP contribution is -2.03. The monoisotopic (exact) mass is 253 g/mol. The molecule has 1 saturated heterocycles. The van der Waals surface area contributed by atoms with Crippen LogP contribution in [0.2, 0.25) is 0 Å². The molecule has 3 nitrogen and oxygen atoms in total. The van der Waals surface area contributed by atoms with Gasteiger partial charge < -0.3 is 5.11 Å². The molecule has 1 fully saturated rings. The summed E-state index contributed by atoms with van der Waals surface area (Å²) in [4.78, 5) is 12.5. The smallest absolute Gasteiger partial charge is 0.159 e. The Kier molecular flexibility index (Phi) is 3.84. The van der Waals surface area contributed by atoms with Crippen molar-refractivity contribution in [3.8, 4) is 0 Å². The third-order valence-corrected chi connectivity index (χ3v) is 2.87.